The molecule has 0 bridgehead atoms. The molecule has 0 atom stereocenters. The van der Waals surface area contributed by atoms with Gasteiger partial charge in [-0.3, -0.25) is 4.79 Å². The van der Waals surface area contributed by atoms with E-state index >= 15 is 0 Å². The molecule has 0 spiro atoms. The van der Waals surface area contributed by atoms with Crippen LogP contribution in [0.4, 0.5) is 0 Å². The zero-order valence-corrected chi connectivity index (χ0v) is 13.8. The van der Waals surface area contributed by atoms with Gasteiger partial charge in [0.25, 0.3) is 0 Å². The van der Waals surface area contributed by atoms with Crippen molar-refractivity contribution in [2.24, 2.45) is 0 Å². The average Bonchev–Trinajstić information content (AvgIpc) is 2.50. The van der Waals surface area contributed by atoms with E-state index < -0.39 is 5.97 Å². The van der Waals surface area contributed by atoms with Gasteiger partial charge in [-0.05, 0) is 26.3 Å². The van der Waals surface area contributed by atoms with Crippen molar-refractivity contribution in [3.8, 4) is 0 Å². The molecule has 0 heterocycles. The van der Waals surface area contributed by atoms with Gasteiger partial charge >= 0.3 is 5.97 Å². The molecule has 0 saturated heterocycles. The number of rotatable bonds is 18. The highest BCUT2D eigenvalue weighted by atomic mass is 16.5. The Hall–Kier alpha value is -0.730. The largest absolute Gasteiger partial charge is 0.481 e. The topological polar surface area (TPSA) is 89.0 Å². The van der Waals surface area contributed by atoms with Crippen molar-refractivity contribution in [1.29, 1.82) is 0 Å². The predicted molar refractivity (Wildman–Crippen MR) is 85.4 cm³/mol. The van der Waals surface area contributed by atoms with Gasteiger partial charge in [-0.2, -0.15) is 0 Å². The van der Waals surface area contributed by atoms with Gasteiger partial charge in [0.05, 0.1) is 33.0 Å². The minimum atomic E-state index is -0.721. The number of carboxylic acids is 1. The number of carboxylic acid groups (broad SMARTS) is 1. The Morgan fingerprint density at radius 2 is 1.41 bits per heavy atom. The highest BCUT2D eigenvalue weighted by molar-refractivity contribution is 5.66. The smallest absolute Gasteiger partial charge is 0.303 e. The second-order valence-electron chi connectivity index (χ2n) is 4.77. The number of aliphatic carboxylic acids is 1. The van der Waals surface area contributed by atoms with Crippen molar-refractivity contribution < 1.29 is 24.1 Å². The van der Waals surface area contributed by atoms with E-state index in [1.165, 1.54) is 0 Å². The normalized spacial score (nSPS) is 11.0. The number of nitrogens with one attached hydrogen (secondary N) is 2. The van der Waals surface area contributed by atoms with Crippen molar-refractivity contribution in [1.82, 2.24) is 10.6 Å². The molecule has 0 aliphatic rings. The van der Waals surface area contributed by atoms with Gasteiger partial charge in [0.2, 0.25) is 0 Å². The number of hydrogen-bond acceptors (Lipinski definition) is 6. The van der Waals surface area contributed by atoms with Crippen molar-refractivity contribution in [3.05, 3.63) is 0 Å². The lowest BCUT2D eigenvalue weighted by molar-refractivity contribution is -0.137. The maximum Gasteiger partial charge on any atom is 0.303 e. The Morgan fingerprint density at radius 1 is 0.818 bits per heavy atom. The van der Waals surface area contributed by atoms with Gasteiger partial charge < -0.3 is 30.0 Å². The van der Waals surface area contributed by atoms with E-state index in [4.69, 9.17) is 19.3 Å². The monoisotopic (exact) mass is 320 g/mol. The first-order chi connectivity index (χ1) is 10.8. The SMILES string of the molecule is CCOCCOCCOCCNCCNCCCCC(=O)O. The van der Waals surface area contributed by atoms with Gasteiger partial charge in [-0.25, -0.2) is 0 Å². The summed E-state index contributed by atoms with van der Waals surface area (Å²) in [6.07, 6.45) is 1.89. The molecule has 132 valence electrons. The van der Waals surface area contributed by atoms with Crippen LogP contribution < -0.4 is 10.6 Å². The first-order valence-corrected chi connectivity index (χ1v) is 8.13. The van der Waals surface area contributed by atoms with E-state index in [2.05, 4.69) is 10.6 Å². The molecule has 0 saturated carbocycles. The number of ether oxygens (including phenoxy) is 3. The third-order valence-corrected chi connectivity index (χ3v) is 2.84. The highest BCUT2D eigenvalue weighted by Crippen LogP contribution is 1.92. The first-order valence-electron chi connectivity index (χ1n) is 8.13. The minimum absolute atomic E-state index is 0.257. The molecular weight excluding hydrogens is 288 g/mol. The predicted octanol–water partition coefficient (Wildman–Crippen LogP) is 0.490. The molecule has 0 fully saturated rings. The van der Waals surface area contributed by atoms with Crippen LogP contribution in [0.5, 0.6) is 0 Å². The van der Waals surface area contributed by atoms with Crippen LogP contribution in [0.2, 0.25) is 0 Å². The molecule has 0 radical (unpaired) electrons. The van der Waals surface area contributed by atoms with Gasteiger partial charge in [0.15, 0.2) is 0 Å². The third-order valence-electron chi connectivity index (χ3n) is 2.84. The van der Waals surface area contributed by atoms with Crippen LogP contribution in [0, 0.1) is 0 Å². The molecule has 0 aliphatic carbocycles. The molecule has 0 unspecified atom stereocenters. The number of unbranched alkanes of at least 4 members (excludes halogenated alkanes) is 1. The Labute approximate surface area is 133 Å². The summed E-state index contributed by atoms with van der Waals surface area (Å²) in [5, 5.41) is 15.0. The Bertz CT molecular complexity index is 242. The Kier molecular flexibility index (Phi) is 17.7. The fourth-order valence-electron chi connectivity index (χ4n) is 1.68. The van der Waals surface area contributed by atoms with Crippen molar-refractivity contribution in [2.45, 2.75) is 26.2 Å². The maximum absolute atomic E-state index is 10.3. The maximum atomic E-state index is 10.3. The van der Waals surface area contributed by atoms with Crippen molar-refractivity contribution >= 4 is 5.97 Å². The van der Waals surface area contributed by atoms with Crippen LogP contribution in [0.3, 0.4) is 0 Å². The van der Waals surface area contributed by atoms with Crippen LogP contribution in [0.1, 0.15) is 26.2 Å². The van der Waals surface area contributed by atoms with E-state index in [-0.39, 0.29) is 6.42 Å². The van der Waals surface area contributed by atoms with Gasteiger partial charge in [-0.1, -0.05) is 0 Å². The first kappa shape index (κ1) is 21.3. The zero-order valence-electron chi connectivity index (χ0n) is 13.8. The standard InChI is InChI=1S/C15H32N2O5/c1-2-20-11-12-22-14-13-21-10-9-17-8-7-16-6-4-3-5-15(18)19/h16-17H,2-14H2,1H3,(H,18,19). The van der Waals surface area contributed by atoms with Crippen LogP contribution in [0.25, 0.3) is 0 Å². The fourth-order valence-corrected chi connectivity index (χ4v) is 1.68. The molecule has 7 heteroatoms. The number of carbonyl (C=O) groups is 1. The summed E-state index contributed by atoms with van der Waals surface area (Å²) < 4.78 is 15.9. The van der Waals surface area contributed by atoms with Crippen molar-refractivity contribution in [3.63, 3.8) is 0 Å². The molecule has 0 aromatic heterocycles. The summed E-state index contributed by atoms with van der Waals surface area (Å²) in [7, 11) is 0. The summed E-state index contributed by atoms with van der Waals surface area (Å²) in [5.41, 5.74) is 0. The molecule has 3 N–H and O–H groups in total. The quantitative estimate of drug-likeness (QED) is 0.317. The molecule has 0 aromatic rings. The third kappa shape index (κ3) is 19.3. The van der Waals surface area contributed by atoms with Crippen LogP contribution in [-0.4, -0.2) is 76.9 Å². The summed E-state index contributed by atoms with van der Waals surface area (Å²) in [4.78, 5) is 10.3. The summed E-state index contributed by atoms with van der Waals surface area (Å²) in [6, 6.07) is 0. The molecule has 0 rings (SSSR count). The lowest BCUT2D eigenvalue weighted by Crippen LogP contribution is -2.30. The van der Waals surface area contributed by atoms with Crippen LogP contribution >= 0.6 is 0 Å². The van der Waals surface area contributed by atoms with Crippen molar-refractivity contribution in [2.75, 3.05) is 65.8 Å². The van der Waals surface area contributed by atoms with Crippen LogP contribution in [0.15, 0.2) is 0 Å². The van der Waals surface area contributed by atoms with Gasteiger partial charge in [0, 0.05) is 32.7 Å². The second-order valence-corrected chi connectivity index (χ2v) is 4.77. The van der Waals surface area contributed by atoms with E-state index in [1.54, 1.807) is 0 Å². The molecular formula is C15H32N2O5. The Morgan fingerprint density at radius 3 is 2.05 bits per heavy atom. The van der Waals surface area contributed by atoms with Gasteiger partial charge in [0.1, 0.15) is 0 Å². The lowest BCUT2D eigenvalue weighted by atomic mass is 10.2. The summed E-state index contributed by atoms with van der Waals surface area (Å²) >= 11 is 0. The van der Waals surface area contributed by atoms with Crippen LogP contribution in [-0.2, 0) is 19.0 Å². The van der Waals surface area contributed by atoms with E-state index in [9.17, 15) is 4.79 Å². The lowest BCUT2D eigenvalue weighted by Gasteiger charge is -2.08. The average molecular weight is 320 g/mol. The molecule has 0 amide bonds. The summed E-state index contributed by atoms with van der Waals surface area (Å²) in [5.74, 6) is -0.721. The summed E-state index contributed by atoms with van der Waals surface area (Å²) in [6.45, 7) is 9.28. The van der Waals surface area contributed by atoms with Gasteiger partial charge in [-0.15, -0.1) is 0 Å². The number of hydrogen-bond donors (Lipinski definition) is 3. The molecule has 7 nitrogen and oxygen atoms in total. The second kappa shape index (κ2) is 18.3. The molecule has 0 aromatic carbocycles. The Balaban J connectivity index is 2.95. The van der Waals surface area contributed by atoms with E-state index in [0.717, 1.165) is 45.6 Å². The zero-order chi connectivity index (χ0) is 16.3. The molecule has 22 heavy (non-hydrogen) atoms. The van der Waals surface area contributed by atoms with E-state index in [0.29, 0.717) is 33.0 Å². The fraction of sp³-hybridized carbons (Fsp3) is 0.933. The minimum Gasteiger partial charge on any atom is -0.481 e. The van der Waals surface area contributed by atoms with E-state index in [1.807, 2.05) is 6.92 Å². The molecule has 0 aliphatic heterocycles. The highest BCUT2D eigenvalue weighted by Gasteiger charge is 1.96.